The van der Waals surface area contributed by atoms with E-state index in [1.54, 1.807) is 0 Å². The van der Waals surface area contributed by atoms with Gasteiger partial charge in [-0.3, -0.25) is 0 Å². The van der Waals surface area contributed by atoms with E-state index in [0.29, 0.717) is 0 Å². The number of hydrogen-bond acceptors (Lipinski definition) is 2. The zero-order valence-electron chi connectivity index (χ0n) is 13.3. The van der Waals surface area contributed by atoms with Crippen molar-refractivity contribution >= 4 is 42.8 Å². The lowest BCUT2D eigenvalue weighted by molar-refractivity contribution is 1.43. The maximum Gasteiger partial charge on any atom is 0.0354 e. The fraction of sp³-hybridized carbons (Fsp3) is 0.200. The molecule has 110 valence electrons. The van der Waals surface area contributed by atoms with E-state index in [9.17, 15) is 0 Å². The molecule has 0 radical (unpaired) electrons. The molecule has 0 bridgehead atoms. The van der Waals surface area contributed by atoms with Crippen LogP contribution in [0.15, 0.2) is 35.0 Å². The van der Waals surface area contributed by atoms with Crippen LogP contribution in [0.5, 0.6) is 0 Å². The first-order valence-corrected chi connectivity index (χ1v) is 9.28. The highest BCUT2D eigenvalue weighted by Crippen LogP contribution is 2.43. The first-order chi connectivity index (χ1) is 10.5. The Kier molecular flexibility index (Phi) is 3.14. The Morgan fingerprint density at radius 3 is 1.41 bits per heavy atom. The highest BCUT2D eigenvalue weighted by atomic mass is 32.1. The molecular weight excluding hydrogens is 304 g/mol. The molecule has 2 aromatic heterocycles. The zero-order chi connectivity index (χ0) is 15.4. The van der Waals surface area contributed by atoms with Gasteiger partial charge in [0.05, 0.1) is 0 Å². The van der Waals surface area contributed by atoms with Crippen LogP contribution in [0, 0.1) is 27.7 Å². The fourth-order valence-corrected chi connectivity index (χ4v) is 5.76. The summed E-state index contributed by atoms with van der Waals surface area (Å²) in [6.45, 7) is 8.83. The lowest BCUT2D eigenvalue weighted by Gasteiger charge is -2.06. The molecule has 0 aliphatic rings. The van der Waals surface area contributed by atoms with Gasteiger partial charge in [0, 0.05) is 31.3 Å². The molecule has 4 rings (SSSR count). The molecule has 0 spiro atoms. The van der Waals surface area contributed by atoms with Crippen LogP contribution in [0.2, 0.25) is 0 Å². The summed E-state index contributed by atoms with van der Waals surface area (Å²) >= 11 is 3.73. The minimum atomic E-state index is 1.35. The third-order valence-electron chi connectivity index (χ3n) is 4.32. The summed E-state index contributed by atoms with van der Waals surface area (Å²) in [6.07, 6.45) is 0. The molecule has 0 saturated carbocycles. The number of fused-ring (bicyclic) bond motifs is 2. The van der Waals surface area contributed by atoms with Crippen molar-refractivity contribution in [3.8, 4) is 11.1 Å². The topological polar surface area (TPSA) is 0 Å². The maximum atomic E-state index is 2.33. The summed E-state index contributed by atoms with van der Waals surface area (Å²) in [4.78, 5) is 0. The van der Waals surface area contributed by atoms with E-state index in [0.717, 1.165) is 0 Å². The second-order valence-electron chi connectivity index (χ2n) is 6.21. The van der Waals surface area contributed by atoms with Gasteiger partial charge in [0.2, 0.25) is 0 Å². The first-order valence-electron chi connectivity index (χ1n) is 7.52. The molecule has 22 heavy (non-hydrogen) atoms. The molecule has 4 aromatic rings. The van der Waals surface area contributed by atoms with Gasteiger partial charge in [0.1, 0.15) is 0 Å². The Labute approximate surface area is 139 Å². The Bertz CT molecular complexity index is 931. The highest BCUT2D eigenvalue weighted by molar-refractivity contribution is 7.19. The van der Waals surface area contributed by atoms with Crippen molar-refractivity contribution < 1.29 is 0 Å². The van der Waals surface area contributed by atoms with Crippen molar-refractivity contribution in [3.05, 3.63) is 57.3 Å². The van der Waals surface area contributed by atoms with E-state index in [2.05, 4.69) is 62.7 Å². The van der Waals surface area contributed by atoms with E-state index < -0.39 is 0 Å². The number of hydrogen-bond donors (Lipinski definition) is 0. The average molecular weight is 322 g/mol. The second kappa shape index (κ2) is 4.94. The van der Waals surface area contributed by atoms with E-state index in [4.69, 9.17) is 0 Å². The van der Waals surface area contributed by atoms with Gasteiger partial charge in [0.15, 0.2) is 0 Å². The van der Waals surface area contributed by atoms with Gasteiger partial charge in [0.25, 0.3) is 0 Å². The van der Waals surface area contributed by atoms with E-state index in [-0.39, 0.29) is 0 Å². The number of thiophene rings is 2. The van der Waals surface area contributed by atoms with Gasteiger partial charge < -0.3 is 0 Å². The monoisotopic (exact) mass is 322 g/mol. The molecule has 2 heterocycles. The third kappa shape index (κ3) is 2.02. The van der Waals surface area contributed by atoms with Crippen LogP contribution in [-0.2, 0) is 0 Å². The third-order valence-corrected chi connectivity index (χ3v) is 6.18. The van der Waals surface area contributed by atoms with Crippen molar-refractivity contribution in [2.45, 2.75) is 27.7 Å². The second-order valence-corrected chi connectivity index (χ2v) is 8.03. The molecule has 0 atom stereocenters. The zero-order valence-corrected chi connectivity index (χ0v) is 14.9. The van der Waals surface area contributed by atoms with Crippen molar-refractivity contribution in [3.63, 3.8) is 0 Å². The summed E-state index contributed by atoms with van der Waals surface area (Å²) in [5.74, 6) is 0. The van der Waals surface area contributed by atoms with Crippen LogP contribution in [0.3, 0.4) is 0 Å². The molecule has 0 N–H and O–H groups in total. The molecule has 2 aromatic carbocycles. The normalized spacial score (nSPS) is 11.6. The number of rotatable bonds is 1. The van der Waals surface area contributed by atoms with E-state index in [1.165, 1.54) is 53.6 Å². The molecule has 0 aliphatic heterocycles. The lowest BCUT2D eigenvalue weighted by atomic mass is 9.97. The number of aryl methyl sites for hydroxylation is 4. The quantitative estimate of drug-likeness (QED) is 0.353. The van der Waals surface area contributed by atoms with Crippen molar-refractivity contribution in [2.24, 2.45) is 0 Å². The predicted octanol–water partition coefficient (Wildman–Crippen LogP) is 7.02. The summed E-state index contributed by atoms with van der Waals surface area (Å²) in [5.41, 5.74) is 8.26. The molecule has 0 fully saturated rings. The maximum absolute atomic E-state index is 2.33. The van der Waals surface area contributed by atoms with Gasteiger partial charge in [-0.2, -0.15) is 0 Å². The smallest absolute Gasteiger partial charge is 0.0354 e. The van der Waals surface area contributed by atoms with E-state index in [1.807, 2.05) is 22.7 Å². The highest BCUT2D eigenvalue weighted by Gasteiger charge is 2.15. The minimum absolute atomic E-state index is 1.35. The lowest BCUT2D eigenvalue weighted by Crippen LogP contribution is -1.83. The summed E-state index contributed by atoms with van der Waals surface area (Å²) < 4.78 is 2.80. The Morgan fingerprint density at radius 2 is 1.00 bits per heavy atom. The van der Waals surface area contributed by atoms with Gasteiger partial charge >= 0.3 is 0 Å². The van der Waals surface area contributed by atoms with Gasteiger partial charge in [-0.25, -0.2) is 0 Å². The molecule has 0 saturated heterocycles. The fourth-order valence-electron chi connectivity index (χ4n) is 3.49. The largest absolute Gasteiger partial charge is 0.143 e. The van der Waals surface area contributed by atoms with Gasteiger partial charge in [-0.15, -0.1) is 22.7 Å². The summed E-state index contributed by atoms with van der Waals surface area (Å²) in [5, 5.41) is 7.51. The van der Waals surface area contributed by atoms with Crippen LogP contribution in [0.25, 0.3) is 31.3 Å². The molecule has 0 unspecified atom stereocenters. The first kappa shape index (κ1) is 14.0. The van der Waals surface area contributed by atoms with Crippen molar-refractivity contribution in [1.82, 2.24) is 0 Å². The SMILES string of the molecule is Cc1cc(C)c2c(-c3csc4cc(C)cc(C)c34)csc2c1. The van der Waals surface area contributed by atoms with Crippen LogP contribution in [0.1, 0.15) is 22.3 Å². The summed E-state index contributed by atoms with van der Waals surface area (Å²) in [6, 6.07) is 9.21. The van der Waals surface area contributed by atoms with Crippen LogP contribution in [0.4, 0.5) is 0 Å². The van der Waals surface area contributed by atoms with Crippen LogP contribution < -0.4 is 0 Å². The standard InChI is InChI=1S/C20H18S2/c1-11-5-13(3)19-15(9-21-17(19)7-11)16-10-22-18-8-12(2)6-14(4)20(16)18/h5-10H,1-4H3. The molecule has 2 heteroatoms. The minimum Gasteiger partial charge on any atom is -0.143 e. The van der Waals surface area contributed by atoms with Crippen molar-refractivity contribution in [1.29, 1.82) is 0 Å². The van der Waals surface area contributed by atoms with Crippen LogP contribution in [-0.4, -0.2) is 0 Å². The van der Waals surface area contributed by atoms with Crippen molar-refractivity contribution in [2.75, 3.05) is 0 Å². The molecular formula is C20H18S2. The Hall–Kier alpha value is -1.64. The van der Waals surface area contributed by atoms with E-state index >= 15 is 0 Å². The Balaban J connectivity index is 2.08. The molecule has 0 amide bonds. The average Bonchev–Trinajstić information content (AvgIpc) is 3.01. The van der Waals surface area contributed by atoms with Gasteiger partial charge in [-0.05, 0) is 72.8 Å². The molecule has 0 nitrogen and oxygen atoms in total. The molecule has 0 aliphatic carbocycles. The van der Waals surface area contributed by atoms with Gasteiger partial charge in [-0.1, -0.05) is 12.1 Å². The number of benzene rings is 2. The predicted molar refractivity (Wildman–Crippen MR) is 102 cm³/mol. The Morgan fingerprint density at radius 1 is 0.591 bits per heavy atom. The van der Waals surface area contributed by atoms with Crippen LogP contribution >= 0.6 is 22.7 Å². The summed E-state index contributed by atoms with van der Waals surface area (Å²) in [7, 11) is 0.